The average molecular weight is 335 g/mol. The van der Waals surface area contributed by atoms with Crippen molar-refractivity contribution in [2.24, 2.45) is 11.8 Å². The number of ether oxygens (including phenoxy) is 1. The Morgan fingerprint density at radius 3 is 1.92 bits per heavy atom. The van der Waals surface area contributed by atoms with Crippen molar-refractivity contribution in [2.75, 3.05) is 0 Å². The van der Waals surface area contributed by atoms with E-state index in [0.717, 1.165) is 24.7 Å². The van der Waals surface area contributed by atoms with E-state index in [9.17, 15) is 4.79 Å². The fourth-order valence-corrected chi connectivity index (χ4v) is 4.05. The van der Waals surface area contributed by atoms with Crippen LogP contribution in [0, 0.1) is 11.8 Å². The fraction of sp³-hybridized carbons (Fsp3) is 0.682. The SMILES string of the molecule is C.CC1CCC(OC(=O)c2ccc(C3CCC(C)CC3)cc2)CC1.[HH].[HH]. The van der Waals surface area contributed by atoms with Gasteiger partial charge >= 0.3 is 5.97 Å². The smallest absolute Gasteiger partial charge is 0.338 e. The number of hydrogen-bond acceptors (Lipinski definition) is 2. The van der Waals surface area contributed by atoms with Gasteiger partial charge in [0.25, 0.3) is 0 Å². The highest BCUT2D eigenvalue weighted by Crippen LogP contribution is 2.35. The van der Waals surface area contributed by atoms with Gasteiger partial charge in [-0.3, -0.25) is 0 Å². The summed E-state index contributed by atoms with van der Waals surface area (Å²) in [6.07, 6.45) is 9.74. The van der Waals surface area contributed by atoms with Crippen molar-refractivity contribution >= 4 is 5.97 Å². The maximum absolute atomic E-state index is 12.3. The standard InChI is InChI=1S/C21H30O2.CH4.2H2/c1-15-3-7-17(8-4-15)18-9-11-19(12-10-18)21(22)23-20-13-5-16(2)6-14-20;;;/h9-12,15-17,20H,3-8,13-14H2,1-2H3;1H4;2*1H. The summed E-state index contributed by atoms with van der Waals surface area (Å²) in [5.41, 5.74) is 2.09. The topological polar surface area (TPSA) is 26.3 Å². The van der Waals surface area contributed by atoms with Crippen LogP contribution in [-0.4, -0.2) is 12.1 Å². The third-order valence-corrected chi connectivity index (χ3v) is 5.87. The van der Waals surface area contributed by atoms with Gasteiger partial charge in [0, 0.05) is 2.85 Å². The van der Waals surface area contributed by atoms with Crippen molar-refractivity contribution in [2.45, 2.75) is 84.7 Å². The van der Waals surface area contributed by atoms with E-state index >= 15 is 0 Å². The molecule has 2 nitrogen and oxygen atoms in total. The van der Waals surface area contributed by atoms with Crippen molar-refractivity contribution in [3.8, 4) is 0 Å². The van der Waals surface area contributed by atoms with Crippen LogP contribution in [0.1, 0.15) is 97.3 Å². The summed E-state index contributed by atoms with van der Waals surface area (Å²) in [5.74, 6) is 2.19. The van der Waals surface area contributed by atoms with Gasteiger partial charge < -0.3 is 4.74 Å². The largest absolute Gasteiger partial charge is 0.459 e. The van der Waals surface area contributed by atoms with Crippen LogP contribution >= 0.6 is 0 Å². The maximum atomic E-state index is 12.3. The summed E-state index contributed by atoms with van der Waals surface area (Å²) in [5, 5.41) is 0. The lowest BCUT2D eigenvalue weighted by atomic mass is 9.79. The zero-order valence-electron chi connectivity index (χ0n) is 14.6. The van der Waals surface area contributed by atoms with E-state index < -0.39 is 0 Å². The van der Waals surface area contributed by atoms with Gasteiger partial charge in [-0.25, -0.2) is 4.79 Å². The summed E-state index contributed by atoms with van der Waals surface area (Å²) < 4.78 is 5.69. The Hall–Kier alpha value is -1.31. The number of benzene rings is 1. The van der Waals surface area contributed by atoms with E-state index in [1.165, 1.54) is 44.1 Å². The van der Waals surface area contributed by atoms with Crippen LogP contribution in [0.2, 0.25) is 0 Å². The lowest BCUT2D eigenvalue weighted by Gasteiger charge is -2.27. The Kier molecular flexibility index (Phi) is 6.89. The minimum Gasteiger partial charge on any atom is -0.459 e. The van der Waals surface area contributed by atoms with E-state index in [1.54, 1.807) is 0 Å². The second kappa shape index (κ2) is 8.69. The Morgan fingerprint density at radius 1 is 0.875 bits per heavy atom. The zero-order chi connectivity index (χ0) is 16.2. The van der Waals surface area contributed by atoms with Crippen molar-refractivity contribution in [3.05, 3.63) is 35.4 Å². The molecule has 3 rings (SSSR count). The molecule has 0 heterocycles. The Labute approximate surface area is 151 Å². The second-order valence-corrected chi connectivity index (χ2v) is 7.87. The van der Waals surface area contributed by atoms with Gasteiger partial charge in [-0.15, -0.1) is 0 Å². The Morgan fingerprint density at radius 2 is 1.38 bits per heavy atom. The fourth-order valence-electron chi connectivity index (χ4n) is 4.05. The first-order valence-corrected chi connectivity index (χ1v) is 9.42. The monoisotopic (exact) mass is 334 g/mol. The van der Waals surface area contributed by atoms with Gasteiger partial charge in [0.2, 0.25) is 0 Å². The molecule has 1 aromatic carbocycles. The molecule has 0 aliphatic heterocycles. The number of esters is 1. The van der Waals surface area contributed by atoms with Crippen molar-refractivity contribution in [3.63, 3.8) is 0 Å². The minimum atomic E-state index is -0.145. The van der Waals surface area contributed by atoms with Gasteiger partial charge in [0.05, 0.1) is 5.56 Å². The molecule has 0 radical (unpaired) electrons. The first kappa shape index (κ1) is 19.0. The molecular formula is C22H38O2. The van der Waals surface area contributed by atoms with Crippen LogP contribution < -0.4 is 0 Å². The molecule has 0 N–H and O–H groups in total. The second-order valence-electron chi connectivity index (χ2n) is 7.87. The van der Waals surface area contributed by atoms with Gasteiger partial charge in [0.1, 0.15) is 6.10 Å². The van der Waals surface area contributed by atoms with Crippen LogP contribution in [0.3, 0.4) is 0 Å². The molecular weight excluding hydrogens is 296 g/mol. The third-order valence-electron chi connectivity index (χ3n) is 5.87. The summed E-state index contributed by atoms with van der Waals surface area (Å²) in [6.45, 7) is 4.63. The first-order valence-electron chi connectivity index (χ1n) is 9.42. The average Bonchev–Trinajstić information content (AvgIpc) is 2.58. The highest BCUT2D eigenvalue weighted by atomic mass is 16.5. The lowest BCUT2D eigenvalue weighted by Crippen LogP contribution is -2.23. The predicted molar refractivity (Wildman–Crippen MR) is 105 cm³/mol. The highest BCUT2D eigenvalue weighted by Gasteiger charge is 2.23. The van der Waals surface area contributed by atoms with E-state index in [-0.39, 0.29) is 22.4 Å². The van der Waals surface area contributed by atoms with E-state index in [0.29, 0.717) is 11.5 Å². The molecule has 24 heavy (non-hydrogen) atoms. The van der Waals surface area contributed by atoms with Crippen LogP contribution in [0.5, 0.6) is 0 Å². The molecule has 2 aliphatic rings. The molecule has 0 bridgehead atoms. The summed E-state index contributed by atoms with van der Waals surface area (Å²) in [4.78, 5) is 12.3. The zero-order valence-corrected chi connectivity index (χ0v) is 14.6. The van der Waals surface area contributed by atoms with Crippen molar-refractivity contribution in [1.82, 2.24) is 0 Å². The molecule has 2 heteroatoms. The number of hydrogen-bond donors (Lipinski definition) is 0. The molecule has 0 amide bonds. The summed E-state index contributed by atoms with van der Waals surface area (Å²) in [7, 11) is 0. The summed E-state index contributed by atoms with van der Waals surface area (Å²) >= 11 is 0. The van der Waals surface area contributed by atoms with E-state index in [4.69, 9.17) is 4.74 Å². The Balaban J connectivity index is 0.00000208. The molecule has 0 aromatic heterocycles. The van der Waals surface area contributed by atoms with E-state index in [2.05, 4.69) is 26.0 Å². The van der Waals surface area contributed by atoms with Crippen LogP contribution in [-0.2, 0) is 4.74 Å². The van der Waals surface area contributed by atoms with Gasteiger partial charge in [-0.1, -0.05) is 46.2 Å². The van der Waals surface area contributed by atoms with Crippen molar-refractivity contribution < 1.29 is 12.4 Å². The highest BCUT2D eigenvalue weighted by molar-refractivity contribution is 5.89. The molecule has 2 aliphatic carbocycles. The third kappa shape index (κ3) is 4.84. The van der Waals surface area contributed by atoms with Gasteiger partial charge in [0.15, 0.2) is 0 Å². The predicted octanol–water partition coefficient (Wildman–Crippen LogP) is 6.84. The summed E-state index contributed by atoms with van der Waals surface area (Å²) in [6, 6.07) is 8.20. The quantitative estimate of drug-likeness (QED) is 0.565. The van der Waals surface area contributed by atoms with Gasteiger partial charge in [-0.05, 0) is 74.0 Å². The lowest BCUT2D eigenvalue weighted by molar-refractivity contribution is 0.0174. The molecule has 138 valence electrons. The minimum absolute atomic E-state index is 0. The Bertz CT molecular complexity index is 513. The molecule has 2 fully saturated rings. The van der Waals surface area contributed by atoms with Crippen LogP contribution in [0.4, 0.5) is 0 Å². The van der Waals surface area contributed by atoms with Crippen LogP contribution in [0.25, 0.3) is 0 Å². The molecule has 0 atom stereocenters. The normalized spacial score (nSPS) is 30.2. The molecule has 2 saturated carbocycles. The van der Waals surface area contributed by atoms with Crippen LogP contribution in [0.15, 0.2) is 24.3 Å². The molecule has 0 unspecified atom stereocenters. The first-order chi connectivity index (χ1) is 11.1. The number of carbonyl (C=O) groups is 1. The maximum Gasteiger partial charge on any atom is 0.338 e. The van der Waals surface area contributed by atoms with E-state index in [1.807, 2.05) is 12.1 Å². The number of carbonyl (C=O) groups excluding carboxylic acids is 1. The molecule has 0 saturated heterocycles. The van der Waals surface area contributed by atoms with Crippen molar-refractivity contribution in [1.29, 1.82) is 0 Å². The molecule has 1 aromatic rings. The van der Waals surface area contributed by atoms with Gasteiger partial charge in [-0.2, -0.15) is 0 Å². The number of rotatable bonds is 3. The molecule has 0 spiro atoms.